The summed E-state index contributed by atoms with van der Waals surface area (Å²) < 4.78 is 5.51. The van der Waals surface area contributed by atoms with Crippen LogP contribution in [-0.4, -0.2) is 35.4 Å². The van der Waals surface area contributed by atoms with E-state index in [0.717, 1.165) is 96.3 Å². The number of Topliss-reactive ketones (excluding diaryl/α,β-unsaturated/α-hetero) is 2. The van der Waals surface area contributed by atoms with Gasteiger partial charge in [0.1, 0.15) is 11.6 Å². The van der Waals surface area contributed by atoms with Gasteiger partial charge < -0.3 is 9.84 Å². The number of rotatable bonds is 15. The minimum Gasteiger partial charge on any atom is -0.481 e. The first-order valence-electron chi connectivity index (χ1n) is 14.3. The van der Waals surface area contributed by atoms with Gasteiger partial charge in [0.15, 0.2) is 0 Å². The molecule has 0 aliphatic heterocycles. The second kappa shape index (κ2) is 13.9. The SMILES string of the molecule is COC(C)(C)CCCCC1CCCC(CCC2CCCC(CCCCC(C)(C)C(=O)O)C2=O)C1=O. The molecule has 0 aromatic carbocycles. The monoisotopic (exact) mass is 492 g/mol. The van der Waals surface area contributed by atoms with Crippen LogP contribution in [0.15, 0.2) is 0 Å². The molecule has 0 aromatic heterocycles. The lowest BCUT2D eigenvalue weighted by Crippen LogP contribution is -2.32. The number of carboxylic acid groups (broad SMARTS) is 1. The molecular weight excluding hydrogens is 440 g/mol. The summed E-state index contributed by atoms with van der Waals surface area (Å²) in [5, 5.41) is 9.28. The molecule has 1 N–H and O–H groups in total. The zero-order chi connectivity index (χ0) is 26.1. The van der Waals surface area contributed by atoms with E-state index in [4.69, 9.17) is 4.74 Å². The van der Waals surface area contributed by atoms with E-state index in [1.807, 2.05) is 0 Å². The third-order valence-electron chi connectivity index (χ3n) is 9.00. The van der Waals surface area contributed by atoms with Gasteiger partial charge in [0.2, 0.25) is 0 Å². The number of carboxylic acids is 1. The van der Waals surface area contributed by atoms with Crippen LogP contribution in [0.25, 0.3) is 0 Å². The number of unbranched alkanes of at least 4 members (excludes halogenated alkanes) is 2. The van der Waals surface area contributed by atoms with Crippen molar-refractivity contribution in [1.29, 1.82) is 0 Å². The largest absolute Gasteiger partial charge is 0.481 e. The summed E-state index contributed by atoms with van der Waals surface area (Å²) in [6.45, 7) is 7.78. The average molecular weight is 493 g/mol. The summed E-state index contributed by atoms with van der Waals surface area (Å²) in [5.74, 6) is 0.736. The van der Waals surface area contributed by atoms with Crippen LogP contribution in [0, 0.1) is 29.1 Å². The predicted molar refractivity (Wildman–Crippen MR) is 140 cm³/mol. The highest BCUT2D eigenvalue weighted by molar-refractivity contribution is 5.85. The Labute approximate surface area is 214 Å². The van der Waals surface area contributed by atoms with Crippen LogP contribution in [0.1, 0.15) is 130 Å². The average Bonchev–Trinajstić information content (AvgIpc) is 2.81. The lowest BCUT2D eigenvalue weighted by atomic mass is 9.72. The lowest BCUT2D eigenvalue weighted by molar-refractivity contribution is -0.147. The molecule has 2 aliphatic rings. The van der Waals surface area contributed by atoms with E-state index < -0.39 is 11.4 Å². The molecule has 0 amide bonds. The van der Waals surface area contributed by atoms with Crippen LogP contribution < -0.4 is 0 Å². The van der Waals surface area contributed by atoms with Crippen LogP contribution in [0.3, 0.4) is 0 Å². The van der Waals surface area contributed by atoms with Gasteiger partial charge in [0.25, 0.3) is 0 Å². The zero-order valence-electron chi connectivity index (χ0n) is 23.2. The van der Waals surface area contributed by atoms with Crippen molar-refractivity contribution in [2.75, 3.05) is 7.11 Å². The Morgan fingerprint density at radius 3 is 1.54 bits per heavy atom. The number of aliphatic carboxylic acids is 1. The highest BCUT2D eigenvalue weighted by Crippen LogP contribution is 2.37. The topological polar surface area (TPSA) is 80.7 Å². The highest BCUT2D eigenvalue weighted by atomic mass is 16.5. The van der Waals surface area contributed by atoms with Gasteiger partial charge in [-0.3, -0.25) is 14.4 Å². The molecule has 0 aromatic rings. The van der Waals surface area contributed by atoms with E-state index in [1.54, 1.807) is 21.0 Å². The van der Waals surface area contributed by atoms with E-state index in [-0.39, 0.29) is 29.3 Å². The van der Waals surface area contributed by atoms with Gasteiger partial charge in [0, 0.05) is 30.8 Å². The van der Waals surface area contributed by atoms with Crippen LogP contribution >= 0.6 is 0 Å². The molecule has 0 spiro atoms. The van der Waals surface area contributed by atoms with Crippen molar-refractivity contribution in [3.05, 3.63) is 0 Å². The minimum absolute atomic E-state index is 0.0848. The summed E-state index contributed by atoms with van der Waals surface area (Å²) in [6.07, 6.45) is 15.5. The molecule has 2 saturated carbocycles. The zero-order valence-corrected chi connectivity index (χ0v) is 23.2. The molecule has 5 nitrogen and oxygen atoms in total. The smallest absolute Gasteiger partial charge is 0.309 e. The van der Waals surface area contributed by atoms with Gasteiger partial charge in [-0.25, -0.2) is 0 Å². The third kappa shape index (κ3) is 9.63. The number of ether oxygens (including phenoxy) is 1. The molecule has 35 heavy (non-hydrogen) atoms. The van der Waals surface area contributed by atoms with E-state index in [1.165, 1.54) is 0 Å². The molecule has 5 heteroatoms. The minimum atomic E-state index is -0.749. The summed E-state index contributed by atoms with van der Waals surface area (Å²) in [7, 11) is 1.76. The molecule has 202 valence electrons. The second-order valence-electron chi connectivity index (χ2n) is 12.7. The predicted octanol–water partition coefficient (Wildman–Crippen LogP) is 7.39. The molecule has 4 unspecified atom stereocenters. The Hall–Kier alpha value is -1.23. The Bertz CT molecular complexity index is 695. The van der Waals surface area contributed by atoms with Crippen LogP contribution in [-0.2, 0) is 19.1 Å². The summed E-state index contributed by atoms with van der Waals surface area (Å²) >= 11 is 0. The lowest BCUT2D eigenvalue weighted by Gasteiger charge is -2.31. The number of hydrogen-bond donors (Lipinski definition) is 1. The third-order valence-corrected chi connectivity index (χ3v) is 9.00. The van der Waals surface area contributed by atoms with Crippen molar-refractivity contribution in [3.63, 3.8) is 0 Å². The van der Waals surface area contributed by atoms with Gasteiger partial charge in [-0.1, -0.05) is 38.5 Å². The molecule has 0 heterocycles. The van der Waals surface area contributed by atoms with Crippen LogP contribution in [0.5, 0.6) is 0 Å². The molecule has 0 saturated heterocycles. The highest BCUT2D eigenvalue weighted by Gasteiger charge is 2.35. The first kappa shape index (κ1) is 30.0. The Balaban J connectivity index is 1.73. The molecule has 2 rings (SSSR count). The summed E-state index contributed by atoms with van der Waals surface area (Å²) in [5.41, 5.74) is -0.775. The molecule has 2 fully saturated rings. The first-order chi connectivity index (χ1) is 16.5. The van der Waals surface area contributed by atoms with Gasteiger partial charge in [0.05, 0.1) is 11.0 Å². The Morgan fingerprint density at radius 1 is 0.743 bits per heavy atom. The maximum atomic E-state index is 13.1. The van der Waals surface area contributed by atoms with E-state index in [0.29, 0.717) is 18.0 Å². The number of hydrogen-bond acceptors (Lipinski definition) is 4. The van der Waals surface area contributed by atoms with Crippen molar-refractivity contribution >= 4 is 17.5 Å². The molecule has 4 atom stereocenters. The fourth-order valence-electron chi connectivity index (χ4n) is 6.11. The second-order valence-corrected chi connectivity index (χ2v) is 12.7. The van der Waals surface area contributed by atoms with Crippen molar-refractivity contribution in [2.45, 2.75) is 136 Å². The van der Waals surface area contributed by atoms with Crippen molar-refractivity contribution < 1.29 is 24.2 Å². The van der Waals surface area contributed by atoms with Crippen molar-refractivity contribution in [2.24, 2.45) is 29.1 Å². The molecular formula is C30H52O5. The van der Waals surface area contributed by atoms with Gasteiger partial charge in [-0.05, 0) is 91.9 Å². The standard InChI is InChI=1S/C30H52O5/c1-29(2,28(33)34)20-8-6-12-22-14-10-16-24(26(22)31)18-19-25-17-11-15-23(27(25)32)13-7-9-21-30(3,4)35-5/h22-25H,6-21H2,1-5H3,(H,33,34). The van der Waals surface area contributed by atoms with E-state index in [9.17, 15) is 19.5 Å². The number of ketones is 2. The fourth-order valence-corrected chi connectivity index (χ4v) is 6.11. The maximum absolute atomic E-state index is 13.1. The number of carbonyl (C=O) groups is 3. The number of methoxy groups -OCH3 is 1. The van der Waals surface area contributed by atoms with Gasteiger partial charge in [-0.15, -0.1) is 0 Å². The summed E-state index contributed by atoms with van der Waals surface area (Å²) in [4.78, 5) is 37.6. The summed E-state index contributed by atoms with van der Waals surface area (Å²) in [6, 6.07) is 0. The first-order valence-corrected chi connectivity index (χ1v) is 14.3. The molecule has 0 radical (unpaired) electrons. The Kier molecular flexibility index (Phi) is 11.9. The fraction of sp³-hybridized carbons (Fsp3) is 0.900. The Morgan fingerprint density at radius 2 is 1.14 bits per heavy atom. The van der Waals surface area contributed by atoms with Crippen molar-refractivity contribution in [1.82, 2.24) is 0 Å². The number of carbonyl (C=O) groups excluding carboxylic acids is 2. The normalized spacial score (nSPS) is 26.2. The molecule has 0 bridgehead atoms. The van der Waals surface area contributed by atoms with Gasteiger partial charge >= 0.3 is 5.97 Å². The van der Waals surface area contributed by atoms with Crippen molar-refractivity contribution in [3.8, 4) is 0 Å². The van der Waals surface area contributed by atoms with E-state index in [2.05, 4.69) is 13.8 Å². The molecule has 2 aliphatic carbocycles. The van der Waals surface area contributed by atoms with Gasteiger partial charge in [-0.2, -0.15) is 0 Å². The quantitative estimate of drug-likeness (QED) is 0.241. The van der Waals surface area contributed by atoms with E-state index >= 15 is 0 Å². The maximum Gasteiger partial charge on any atom is 0.309 e. The van der Waals surface area contributed by atoms with Crippen LogP contribution in [0.2, 0.25) is 0 Å². The van der Waals surface area contributed by atoms with Crippen LogP contribution in [0.4, 0.5) is 0 Å².